The molecule has 3 unspecified atom stereocenters. The first-order valence-corrected chi connectivity index (χ1v) is 6.90. The number of hydrogen-bond acceptors (Lipinski definition) is 4. The average molecular weight is 286 g/mol. The zero-order valence-electron chi connectivity index (χ0n) is 11.9. The van der Waals surface area contributed by atoms with Crippen molar-refractivity contribution in [1.29, 1.82) is 0 Å². The molecule has 2 aliphatic rings. The smallest absolute Gasteiger partial charge is 0.319 e. The molecule has 2 aliphatic heterocycles. The van der Waals surface area contributed by atoms with Gasteiger partial charge in [-0.2, -0.15) is 0 Å². The molecule has 2 amide bonds. The lowest BCUT2D eigenvalue weighted by Crippen LogP contribution is -2.50. The maximum absolute atomic E-state index is 12.3. The third-order valence-corrected chi connectivity index (χ3v) is 3.99. The van der Waals surface area contributed by atoms with E-state index in [1.54, 1.807) is 19.0 Å². The molecule has 0 bridgehead atoms. The van der Waals surface area contributed by atoms with Gasteiger partial charge in [0.1, 0.15) is 5.92 Å². The molecule has 2 fully saturated rings. The molecular formula is C13H22N2O5. The number of rotatable bonds is 4. The molecule has 0 aromatic rings. The summed E-state index contributed by atoms with van der Waals surface area (Å²) in [5.74, 6) is -1.57. The van der Waals surface area contributed by atoms with Crippen molar-refractivity contribution in [2.45, 2.75) is 25.0 Å². The number of hydrogen-bond donors (Lipinski definition) is 1. The predicted molar refractivity (Wildman–Crippen MR) is 70.5 cm³/mol. The highest BCUT2D eigenvalue weighted by Crippen LogP contribution is 2.20. The van der Waals surface area contributed by atoms with Crippen LogP contribution in [0, 0.1) is 5.92 Å². The topological polar surface area (TPSA) is 79.3 Å². The highest BCUT2D eigenvalue weighted by atomic mass is 16.5. The number of amides is 2. The van der Waals surface area contributed by atoms with E-state index in [-0.39, 0.29) is 25.3 Å². The van der Waals surface area contributed by atoms with Crippen molar-refractivity contribution in [3.05, 3.63) is 0 Å². The number of urea groups is 1. The van der Waals surface area contributed by atoms with Crippen LogP contribution in [0.15, 0.2) is 0 Å². The van der Waals surface area contributed by atoms with Crippen LogP contribution in [-0.2, 0) is 14.3 Å². The molecule has 0 radical (unpaired) electrons. The number of ether oxygens (including phenoxy) is 2. The van der Waals surface area contributed by atoms with Gasteiger partial charge in [-0.1, -0.05) is 0 Å². The summed E-state index contributed by atoms with van der Waals surface area (Å²) in [7, 11) is 3.34. The molecule has 114 valence electrons. The van der Waals surface area contributed by atoms with Crippen LogP contribution in [-0.4, -0.2) is 79.5 Å². The molecule has 7 heteroatoms. The van der Waals surface area contributed by atoms with Crippen LogP contribution in [0.1, 0.15) is 12.8 Å². The Hall–Kier alpha value is -1.34. The molecule has 2 heterocycles. The summed E-state index contributed by atoms with van der Waals surface area (Å²) >= 11 is 0. The Morgan fingerprint density at radius 1 is 1.30 bits per heavy atom. The second kappa shape index (κ2) is 6.41. The molecule has 0 aromatic carbocycles. The minimum Gasteiger partial charge on any atom is -0.481 e. The Labute approximate surface area is 118 Å². The van der Waals surface area contributed by atoms with Crippen LogP contribution >= 0.6 is 0 Å². The Balaban J connectivity index is 1.91. The quantitative estimate of drug-likeness (QED) is 0.801. The van der Waals surface area contributed by atoms with Gasteiger partial charge in [-0.3, -0.25) is 4.79 Å². The number of carboxylic acids is 1. The van der Waals surface area contributed by atoms with Crippen LogP contribution in [0.5, 0.6) is 0 Å². The van der Waals surface area contributed by atoms with E-state index in [1.165, 1.54) is 4.90 Å². The van der Waals surface area contributed by atoms with Crippen LogP contribution in [0.4, 0.5) is 4.79 Å². The number of carbonyl (C=O) groups is 2. The van der Waals surface area contributed by atoms with E-state index in [0.717, 1.165) is 19.4 Å². The zero-order chi connectivity index (χ0) is 14.7. The maximum Gasteiger partial charge on any atom is 0.319 e. The summed E-state index contributed by atoms with van der Waals surface area (Å²) in [6.07, 6.45) is 2.08. The van der Waals surface area contributed by atoms with Crippen molar-refractivity contribution >= 4 is 12.0 Å². The Kier molecular flexibility index (Phi) is 4.82. The van der Waals surface area contributed by atoms with Crippen molar-refractivity contribution in [1.82, 2.24) is 9.80 Å². The van der Waals surface area contributed by atoms with E-state index >= 15 is 0 Å². The fraction of sp³-hybridized carbons (Fsp3) is 0.846. The summed E-state index contributed by atoms with van der Waals surface area (Å²) in [6, 6.07) is -0.603. The van der Waals surface area contributed by atoms with Crippen molar-refractivity contribution in [3.63, 3.8) is 0 Å². The van der Waals surface area contributed by atoms with Gasteiger partial charge >= 0.3 is 12.0 Å². The molecule has 0 saturated carbocycles. The van der Waals surface area contributed by atoms with Gasteiger partial charge in [-0.25, -0.2) is 4.79 Å². The number of nitrogens with zero attached hydrogens (tertiary/aromatic N) is 2. The van der Waals surface area contributed by atoms with E-state index in [9.17, 15) is 9.59 Å². The van der Waals surface area contributed by atoms with E-state index in [0.29, 0.717) is 6.54 Å². The maximum atomic E-state index is 12.3. The molecule has 2 saturated heterocycles. The number of likely N-dealkylation sites (N-methyl/N-ethyl adjacent to an activating group) is 2. The highest BCUT2D eigenvalue weighted by molar-refractivity contribution is 5.77. The fourth-order valence-corrected chi connectivity index (χ4v) is 2.74. The summed E-state index contributed by atoms with van der Waals surface area (Å²) in [5, 5.41) is 9.13. The van der Waals surface area contributed by atoms with Crippen molar-refractivity contribution in [2.24, 2.45) is 5.92 Å². The van der Waals surface area contributed by atoms with E-state index in [4.69, 9.17) is 14.6 Å². The second-order valence-corrected chi connectivity index (χ2v) is 5.46. The van der Waals surface area contributed by atoms with Gasteiger partial charge in [-0.05, 0) is 12.8 Å². The SMILES string of the molecule is CN(CC1CCCO1)C(=O)N(C)C1COCC1C(=O)O. The van der Waals surface area contributed by atoms with Gasteiger partial charge in [0.2, 0.25) is 0 Å². The summed E-state index contributed by atoms with van der Waals surface area (Å²) < 4.78 is 10.7. The molecule has 0 spiro atoms. The monoisotopic (exact) mass is 286 g/mol. The normalized spacial score (nSPS) is 29.4. The minimum absolute atomic E-state index is 0.0902. The predicted octanol–water partition coefficient (Wildman–Crippen LogP) is 0.249. The van der Waals surface area contributed by atoms with Crippen molar-refractivity contribution in [3.8, 4) is 0 Å². The van der Waals surface area contributed by atoms with Gasteiger partial charge in [-0.15, -0.1) is 0 Å². The van der Waals surface area contributed by atoms with Crippen molar-refractivity contribution in [2.75, 3.05) is 40.5 Å². The van der Waals surface area contributed by atoms with E-state index in [1.807, 2.05) is 0 Å². The first-order chi connectivity index (χ1) is 9.50. The molecule has 0 aromatic heterocycles. The third kappa shape index (κ3) is 3.21. The number of aliphatic carboxylic acids is 1. The Morgan fingerprint density at radius 3 is 2.65 bits per heavy atom. The molecule has 20 heavy (non-hydrogen) atoms. The highest BCUT2D eigenvalue weighted by Gasteiger charge is 2.39. The van der Waals surface area contributed by atoms with E-state index in [2.05, 4.69) is 0 Å². The number of carbonyl (C=O) groups excluding carboxylic acids is 1. The Morgan fingerprint density at radius 2 is 2.05 bits per heavy atom. The lowest BCUT2D eigenvalue weighted by atomic mass is 10.0. The van der Waals surface area contributed by atoms with Crippen LogP contribution in [0.25, 0.3) is 0 Å². The van der Waals surface area contributed by atoms with Crippen LogP contribution in [0.2, 0.25) is 0 Å². The minimum atomic E-state index is -0.922. The third-order valence-electron chi connectivity index (χ3n) is 3.99. The van der Waals surface area contributed by atoms with E-state index < -0.39 is 17.9 Å². The first kappa shape index (κ1) is 15.1. The molecular weight excluding hydrogens is 264 g/mol. The Bertz CT molecular complexity index is 370. The van der Waals surface area contributed by atoms with Crippen molar-refractivity contribution < 1.29 is 24.2 Å². The second-order valence-electron chi connectivity index (χ2n) is 5.46. The molecule has 1 N–H and O–H groups in total. The van der Waals surface area contributed by atoms with Gasteiger partial charge in [0.25, 0.3) is 0 Å². The van der Waals surface area contributed by atoms with Crippen LogP contribution < -0.4 is 0 Å². The summed E-state index contributed by atoms with van der Waals surface area (Å²) in [4.78, 5) is 26.5. The lowest BCUT2D eigenvalue weighted by molar-refractivity contribution is -0.142. The van der Waals surface area contributed by atoms with Crippen LogP contribution in [0.3, 0.4) is 0 Å². The summed E-state index contributed by atoms with van der Waals surface area (Å²) in [6.45, 7) is 1.72. The number of carboxylic acid groups (broad SMARTS) is 1. The van der Waals surface area contributed by atoms with Gasteiger partial charge in [0, 0.05) is 27.2 Å². The largest absolute Gasteiger partial charge is 0.481 e. The lowest BCUT2D eigenvalue weighted by Gasteiger charge is -2.31. The molecule has 3 atom stereocenters. The average Bonchev–Trinajstić information content (AvgIpc) is 3.07. The van der Waals surface area contributed by atoms with Gasteiger partial charge < -0.3 is 24.4 Å². The van der Waals surface area contributed by atoms with Gasteiger partial charge in [0.15, 0.2) is 0 Å². The molecule has 7 nitrogen and oxygen atoms in total. The fourth-order valence-electron chi connectivity index (χ4n) is 2.74. The standard InChI is InChI=1S/C13H22N2O5/c1-14(6-9-4-3-5-20-9)13(18)15(2)11-8-19-7-10(11)12(16)17/h9-11H,3-8H2,1-2H3,(H,16,17). The molecule has 2 rings (SSSR count). The summed E-state index contributed by atoms with van der Waals surface area (Å²) in [5.41, 5.74) is 0. The van der Waals surface area contributed by atoms with Gasteiger partial charge in [0.05, 0.1) is 25.4 Å². The molecule has 0 aliphatic carbocycles. The zero-order valence-corrected chi connectivity index (χ0v) is 11.9. The first-order valence-electron chi connectivity index (χ1n) is 6.90.